The molecule has 0 unspecified atom stereocenters. The van der Waals surface area contributed by atoms with Gasteiger partial charge in [0.1, 0.15) is 12.1 Å². The molecule has 0 amide bonds. The molecule has 196 valence electrons. The Balaban J connectivity index is 1.76. The van der Waals surface area contributed by atoms with Crippen LogP contribution < -0.4 is 20.6 Å². The van der Waals surface area contributed by atoms with Crippen molar-refractivity contribution in [2.75, 3.05) is 16.8 Å². The molecule has 2 heterocycles. The van der Waals surface area contributed by atoms with Crippen LogP contribution in [-0.2, 0) is 10.8 Å². The zero-order valence-corrected chi connectivity index (χ0v) is 24.3. The minimum Gasteiger partial charge on any atom is -0.371 e. The molecule has 0 bridgehead atoms. The lowest BCUT2D eigenvalue weighted by Crippen LogP contribution is -2.54. The Morgan fingerprint density at radius 2 is 1.02 bits per heavy atom. The molecule has 2 aliphatic heterocycles. The number of rotatable bonds is 1. The van der Waals surface area contributed by atoms with Crippen LogP contribution in [0.2, 0.25) is 0 Å². The van der Waals surface area contributed by atoms with Crippen molar-refractivity contribution in [1.29, 1.82) is 10.5 Å². The summed E-state index contributed by atoms with van der Waals surface area (Å²) in [6.45, 7) is 12.9. The van der Waals surface area contributed by atoms with Crippen molar-refractivity contribution >= 4 is 40.5 Å². The first-order valence-electron chi connectivity index (χ1n) is 13.8. The number of fused-ring (bicyclic) bond motifs is 5. The fourth-order valence-corrected chi connectivity index (χ4v) is 6.20. The minimum atomic E-state index is -0.182. The number of benzene rings is 4. The fraction of sp³-hybridized carbons (Fsp3) is 0.257. The van der Waals surface area contributed by atoms with E-state index in [4.69, 9.17) is 0 Å². The zero-order valence-electron chi connectivity index (χ0n) is 24.3. The second kappa shape index (κ2) is 8.77. The van der Waals surface area contributed by atoms with Crippen LogP contribution in [0.4, 0.5) is 22.7 Å². The van der Waals surface area contributed by atoms with Gasteiger partial charge in [-0.05, 0) is 68.3 Å². The number of nitrogens with zero attached hydrogens (tertiary/aromatic N) is 4. The van der Waals surface area contributed by atoms with Gasteiger partial charge in [0.15, 0.2) is 0 Å². The standard InChI is InChI=1S/C35H33BN4/c1-34(2,3)24-16-22(20-37)32-30(18-24)39(7)31-19-25(35(4,5)6)17-23(21-38)33(31)40(32)36-28-14-10-8-12-26(28)27-13-9-11-15-29(27)36/h8-19H,1-7H3. The molecule has 0 aromatic heterocycles. The van der Waals surface area contributed by atoms with Crippen molar-refractivity contribution in [2.24, 2.45) is 0 Å². The largest absolute Gasteiger partial charge is 0.371 e. The van der Waals surface area contributed by atoms with Gasteiger partial charge in [-0.15, -0.1) is 0 Å². The molecule has 0 spiro atoms. The maximum Gasteiger partial charge on any atom is 0.329 e. The van der Waals surface area contributed by atoms with Gasteiger partial charge in [-0.2, -0.15) is 10.5 Å². The second-order valence-corrected chi connectivity index (χ2v) is 13.0. The third kappa shape index (κ3) is 3.73. The average molecular weight is 520 g/mol. The van der Waals surface area contributed by atoms with Crippen molar-refractivity contribution in [3.8, 4) is 23.3 Å². The molecule has 4 nitrogen and oxygen atoms in total. The van der Waals surface area contributed by atoms with Gasteiger partial charge >= 0.3 is 6.85 Å². The van der Waals surface area contributed by atoms with Crippen molar-refractivity contribution in [2.45, 2.75) is 52.4 Å². The highest BCUT2D eigenvalue weighted by Gasteiger charge is 2.44. The normalized spacial score (nSPS) is 13.7. The van der Waals surface area contributed by atoms with E-state index in [2.05, 4.69) is 131 Å². The van der Waals surface area contributed by atoms with Crippen LogP contribution >= 0.6 is 0 Å². The summed E-state index contributed by atoms with van der Waals surface area (Å²) in [6, 6.07) is 30.7. The third-order valence-electron chi connectivity index (χ3n) is 8.42. The lowest BCUT2D eigenvalue weighted by atomic mass is 9.51. The smallest absolute Gasteiger partial charge is 0.329 e. The van der Waals surface area contributed by atoms with Gasteiger partial charge in [-0.25, -0.2) is 0 Å². The van der Waals surface area contributed by atoms with E-state index in [0.717, 1.165) is 33.9 Å². The van der Waals surface area contributed by atoms with Crippen molar-refractivity contribution in [3.05, 3.63) is 95.1 Å². The summed E-state index contributed by atoms with van der Waals surface area (Å²) in [5.74, 6) is 0. The molecule has 5 heteroatoms. The van der Waals surface area contributed by atoms with E-state index in [1.165, 1.54) is 22.1 Å². The highest BCUT2D eigenvalue weighted by atomic mass is 15.2. The Hall–Kier alpha value is -4.48. The Labute approximate surface area is 238 Å². The monoisotopic (exact) mass is 520 g/mol. The van der Waals surface area contributed by atoms with Gasteiger partial charge in [-0.3, -0.25) is 0 Å². The molecular weight excluding hydrogens is 487 g/mol. The summed E-state index contributed by atoms with van der Waals surface area (Å²) < 4.78 is 0. The van der Waals surface area contributed by atoms with Crippen LogP contribution in [-0.4, -0.2) is 13.9 Å². The Kier molecular flexibility index (Phi) is 5.65. The van der Waals surface area contributed by atoms with Gasteiger partial charge in [0.25, 0.3) is 0 Å². The molecule has 4 aromatic rings. The molecule has 0 aliphatic carbocycles. The maximum absolute atomic E-state index is 10.6. The quantitative estimate of drug-likeness (QED) is 0.253. The molecule has 6 rings (SSSR count). The van der Waals surface area contributed by atoms with Crippen LogP contribution in [0.15, 0.2) is 72.8 Å². The molecule has 0 radical (unpaired) electrons. The average Bonchev–Trinajstić information content (AvgIpc) is 3.25. The van der Waals surface area contributed by atoms with Crippen molar-refractivity contribution in [3.63, 3.8) is 0 Å². The van der Waals surface area contributed by atoms with E-state index in [0.29, 0.717) is 11.1 Å². The number of hydrogen-bond acceptors (Lipinski definition) is 4. The summed E-state index contributed by atoms with van der Waals surface area (Å²) >= 11 is 0. The molecule has 0 N–H and O–H groups in total. The van der Waals surface area contributed by atoms with Gasteiger partial charge < -0.3 is 9.71 Å². The molecule has 0 atom stereocenters. The van der Waals surface area contributed by atoms with Crippen LogP contribution in [0, 0.1) is 22.7 Å². The zero-order chi connectivity index (χ0) is 28.6. The van der Waals surface area contributed by atoms with E-state index in [-0.39, 0.29) is 17.7 Å². The molecule has 2 aliphatic rings. The van der Waals surface area contributed by atoms with E-state index < -0.39 is 0 Å². The number of hydrogen-bond donors (Lipinski definition) is 0. The first-order valence-corrected chi connectivity index (χ1v) is 13.8. The highest BCUT2D eigenvalue weighted by molar-refractivity contribution is 6.93. The fourth-order valence-electron chi connectivity index (χ4n) is 6.20. The van der Waals surface area contributed by atoms with Crippen LogP contribution in [0.5, 0.6) is 0 Å². The van der Waals surface area contributed by atoms with E-state index in [9.17, 15) is 10.5 Å². The van der Waals surface area contributed by atoms with Gasteiger partial charge in [0.05, 0.1) is 33.9 Å². The molecule has 4 aromatic carbocycles. The van der Waals surface area contributed by atoms with E-state index >= 15 is 0 Å². The third-order valence-corrected chi connectivity index (χ3v) is 8.42. The van der Waals surface area contributed by atoms with Gasteiger partial charge in [0.2, 0.25) is 0 Å². The second-order valence-electron chi connectivity index (χ2n) is 13.0. The van der Waals surface area contributed by atoms with Crippen LogP contribution in [0.25, 0.3) is 11.1 Å². The molecule has 0 saturated heterocycles. The molecule has 0 fully saturated rings. The van der Waals surface area contributed by atoms with Crippen molar-refractivity contribution in [1.82, 2.24) is 0 Å². The van der Waals surface area contributed by atoms with Gasteiger partial charge in [0, 0.05) is 7.05 Å². The van der Waals surface area contributed by atoms with Crippen LogP contribution in [0.1, 0.15) is 63.8 Å². The van der Waals surface area contributed by atoms with Crippen LogP contribution in [0.3, 0.4) is 0 Å². The SMILES string of the molecule is CN1c2cc(C(C)(C)C)cc(C#N)c2N(B2c3ccccc3-c3ccccc32)c2c(C#N)cc(C(C)(C)C)cc21. The lowest BCUT2D eigenvalue weighted by Gasteiger charge is -2.43. The topological polar surface area (TPSA) is 54.1 Å². The molecular formula is C35H33BN4. The van der Waals surface area contributed by atoms with E-state index in [1.54, 1.807) is 0 Å². The Morgan fingerprint density at radius 1 is 0.625 bits per heavy atom. The Morgan fingerprint density at radius 3 is 1.40 bits per heavy atom. The number of nitriles is 2. The summed E-state index contributed by atoms with van der Waals surface area (Å²) in [5, 5.41) is 21.2. The molecule has 40 heavy (non-hydrogen) atoms. The van der Waals surface area contributed by atoms with Gasteiger partial charge in [-0.1, -0.05) is 90.1 Å². The predicted molar refractivity (Wildman–Crippen MR) is 167 cm³/mol. The van der Waals surface area contributed by atoms with Crippen molar-refractivity contribution < 1.29 is 0 Å². The Bertz CT molecular complexity index is 1650. The highest BCUT2D eigenvalue weighted by Crippen LogP contribution is 2.53. The predicted octanol–water partition coefficient (Wildman–Crippen LogP) is 7.03. The summed E-state index contributed by atoms with van der Waals surface area (Å²) in [7, 11) is 2.06. The first kappa shape index (κ1) is 25.8. The summed E-state index contributed by atoms with van der Waals surface area (Å²) in [4.78, 5) is 4.46. The molecule has 0 saturated carbocycles. The summed E-state index contributed by atoms with van der Waals surface area (Å²) in [6.07, 6.45) is 0. The first-order chi connectivity index (χ1) is 19.0. The minimum absolute atomic E-state index is 0.135. The lowest BCUT2D eigenvalue weighted by molar-refractivity contribution is 0.589. The summed E-state index contributed by atoms with van der Waals surface area (Å²) in [5.41, 5.74) is 11.6. The maximum atomic E-state index is 10.6. The van der Waals surface area contributed by atoms with E-state index in [1.807, 2.05) is 12.1 Å². The number of anilines is 4.